The number of anilines is 1. The quantitative estimate of drug-likeness (QED) is 0.540. The fourth-order valence-corrected chi connectivity index (χ4v) is 2.98. The van der Waals surface area contributed by atoms with E-state index in [-0.39, 0.29) is 22.0 Å². The first-order chi connectivity index (χ1) is 10.6. The molecule has 10 nitrogen and oxygen atoms in total. The number of hydrogen-bond donors (Lipinski definition) is 3. The molecule has 0 fully saturated rings. The molecular formula is C12H13N5O5S. The molecule has 0 saturated carbocycles. The highest BCUT2D eigenvalue weighted by molar-refractivity contribution is 7.92. The molecule has 11 heteroatoms. The Labute approximate surface area is 130 Å². The van der Waals surface area contributed by atoms with Crippen molar-refractivity contribution in [3.63, 3.8) is 0 Å². The van der Waals surface area contributed by atoms with E-state index < -0.39 is 20.9 Å². The fraction of sp³-hybridized carbons (Fsp3) is 0.167. The van der Waals surface area contributed by atoms with E-state index in [9.17, 15) is 23.3 Å². The summed E-state index contributed by atoms with van der Waals surface area (Å²) in [5.74, 6) is -1.12. The number of aryl methyl sites for hydroxylation is 2. The maximum Gasteiger partial charge on any atom is 0.273 e. The van der Waals surface area contributed by atoms with E-state index in [1.54, 1.807) is 0 Å². The molecule has 0 aliphatic heterocycles. The summed E-state index contributed by atoms with van der Waals surface area (Å²) < 4.78 is 26.8. The van der Waals surface area contributed by atoms with Crippen molar-refractivity contribution in [2.45, 2.75) is 18.7 Å². The van der Waals surface area contributed by atoms with Crippen LogP contribution in [0.5, 0.6) is 0 Å². The number of aromatic amines is 1. The largest absolute Gasteiger partial charge is 0.365 e. The van der Waals surface area contributed by atoms with Crippen LogP contribution < -0.4 is 10.5 Å². The van der Waals surface area contributed by atoms with Crippen LogP contribution in [0.3, 0.4) is 0 Å². The lowest BCUT2D eigenvalue weighted by molar-refractivity contribution is -0.385. The first-order valence-corrected chi connectivity index (χ1v) is 7.74. The van der Waals surface area contributed by atoms with Crippen molar-refractivity contribution in [2.24, 2.45) is 5.73 Å². The van der Waals surface area contributed by atoms with E-state index in [4.69, 9.17) is 5.73 Å². The SMILES string of the molecule is Cc1ccc(S(=O)(=O)Nc2n[nH]c(C)c2C(N)=O)cc1[N+](=O)[O-]. The Balaban J connectivity index is 2.46. The van der Waals surface area contributed by atoms with Crippen LogP contribution in [0.1, 0.15) is 21.6 Å². The van der Waals surface area contributed by atoms with E-state index in [0.29, 0.717) is 11.3 Å². The van der Waals surface area contributed by atoms with Gasteiger partial charge in [0.15, 0.2) is 5.82 Å². The van der Waals surface area contributed by atoms with E-state index in [1.807, 2.05) is 0 Å². The third kappa shape index (κ3) is 3.13. The number of H-pyrrole nitrogens is 1. The minimum absolute atomic E-state index is 0.102. The summed E-state index contributed by atoms with van der Waals surface area (Å²) in [5.41, 5.74) is 5.36. The predicted octanol–water partition coefficient (Wildman–Crippen LogP) is 0.834. The van der Waals surface area contributed by atoms with Gasteiger partial charge in [-0.05, 0) is 19.9 Å². The van der Waals surface area contributed by atoms with E-state index in [0.717, 1.165) is 6.07 Å². The second kappa shape index (κ2) is 5.68. The van der Waals surface area contributed by atoms with Gasteiger partial charge in [-0.15, -0.1) is 0 Å². The van der Waals surface area contributed by atoms with Crippen molar-refractivity contribution in [1.82, 2.24) is 10.2 Å². The standard InChI is InChI=1S/C12H13N5O5S/c1-6-3-4-8(5-9(6)17(19)20)23(21,22)16-12-10(11(13)18)7(2)14-15-12/h3-5H,1-2H3,(H2,13,18)(H2,14,15,16). The predicted molar refractivity (Wildman–Crippen MR) is 80.5 cm³/mol. The topological polar surface area (TPSA) is 161 Å². The molecule has 122 valence electrons. The Hall–Kier alpha value is -2.95. The first kappa shape index (κ1) is 16.4. The maximum atomic E-state index is 12.3. The molecule has 0 spiro atoms. The number of amides is 1. The van der Waals surface area contributed by atoms with Crippen LogP contribution in [-0.4, -0.2) is 29.4 Å². The molecular weight excluding hydrogens is 326 g/mol. The van der Waals surface area contributed by atoms with E-state index in [2.05, 4.69) is 14.9 Å². The number of benzene rings is 1. The number of nitrogens with two attached hydrogens (primary N) is 1. The Morgan fingerprint density at radius 2 is 2.04 bits per heavy atom. The van der Waals surface area contributed by atoms with Crippen LogP contribution in [0, 0.1) is 24.0 Å². The molecule has 0 radical (unpaired) electrons. The van der Waals surface area contributed by atoms with Gasteiger partial charge in [0.05, 0.1) is 9.82 Å². The van der Waals surface area contributed by atoms with Crippen LogP contribution in [0.25, 0.3) is 0 Å². The summed E-state index contributed by atoms with van der Waals surface area (Å²) in [4.78, 5) is 21.3. The van der Waals surface area contributed by atoms with Crippen molar-refractivity contribution >= 4 is 27.4 Å². The second-order valence-corrected chi connectivity index (χ2v) is 6.43. The Bertz CT molecular complexity index is 903. The van der Waals surface area contributed by atoms with Gasteiger partial charge in [-0.25, -0.2) is 8.42 Å². The molecule has 23 heavy (non-hydrogen) atoms. The van der Waals surface area contributed by atoms with Gasteiger partial charge in [0.1, 0.15) is 5.56 Å². The summed E-state index contributed by atoms with van der Waals surface area (Å²) in [6, 6.07) is 3.47. The summed E-state index contributed by atoms with van der Waals surface area (Å²) in [7, 11) is -4.17. The molecule has 0 atom stereocenters. The Kier molecular flexibility index (Phi) is 4.06. The summed E-state index contributed by atoms with van der Waals surface area (Å²) in [6.07, 6.45) is 0. The van der Waals surface area contributed by atoms with Crippen molar-refractivity contribution in [3.05, 3.63) is 45.1 Å². The molecule has 2 aromatic rings. The van der Waals surface area contributed by atoms with Gasteiger partial charge in [-0.3, -0.25) is 24.7 Å². The lowest BCUT2D eigenvalue weighted by atomic mass is 10.2. The van der Waals surface area contributed by atoms with Crippen LogP contribution in [0.15, 0.2) is 23.1 Å². The number of rotatable bonds is 5. The molecule has 0 aliphatic rings. The van der Waals surface area contributed by atoms with Gasteiger partial charge in [-0.2, -0.15) is 5.10 Å². The van der Waals surface area contributed by atoms with Crippen molar-refractivity contribution < 1.29 is 18.1 Å². The summed E-state index contributed by atoms with van der Waals surface area (Å²) in [5, 5.41) is 17.0. The molecule has 1 aromatic heterocycles. The number of nitro groups is 1. The van der Waals surface area contributed by atoms with Crippen LogP contribution >= 0.6 is 0 Å². The Morgan fingerprint density at radius 1 is 1.39 bits per heavy atom. The number of hydrogen-bond acceptors (Lipinski definition) is 6. The molecule has 0 aliphatic carbocycles. The zero-order valence-corrected chi connectivity index (χ0v) is 13.0. The molecule has 0 saturated heterocycles. The average Bonchev–Trinajstić information content (AvgIpc) is 2.78. The summed E-state index contributed by atoms with van der Waals surface area (Å²) >= 11 is 0. The van der Waals surface area contributed by atoms with Gasteiger partial charge < -0.3 is 5.73 Å². The number of carbonyl (C=O) groups excluding carboxylic acids is 1. The number of aromatic nitrogens is 2. The van der Waals surface area contributed by atoms with Crippen LogP contribution in [0.4, 0.5) is 11.5 Å². The van der Waals surface area contributed by atoms with Gasteiger partial charge >= 0.3 is 0 Å². The van der Waals surface area contributed by atoms with Crippen molar-refractivity contribution in [2.75, 3.05) is 4.72 Å². The summed E-state index contributed by atoms with van der Waals surface area (Å²) in [6.45, 7) is 2.99. The monoisotopic (exact) mass is 339 g/mol. The number of nitrogens with zero attached hydrogens (tertiary/aromatic N) is 2. The molecule has 0 unspecified atom stereocenters. The van der Waals surface area contributed by atoms with Gasteiger partial charge in [0.2, 0.25) is 0 Å². The molecule has 2 rings (SSSR count). The minimum atomic E-state index is -4.17. The second-order valence-electron chi connectivity index (χ2n) is 4.75. The molecule has 1 aromatic carbocycles. The number of carbonyl (C=O) groups is 1. The highest BCUT2D eigenvalue weighted by atomic mass is 32.2. The molecule has 4 N–H and O–H groups in total. The molecule has 1 amide bonds. The normalized spacial score (nSPS) is 11.2. The molecule has 1 heterocycles. The van der Waals surface area contributed by atoms with Gasteiger partial charge in [-0.1, -0.05) is 6.07 Å². The van der Waals surface area contributed by atoms with Crippen LogP contribution in [-0.2, 0) is 10.0 Å². The van der Waals surface area contributed by atoms with Gasteiger partial charge in [0, 0.05) is 17.3 Å². The van der Waals surface area contributed by atoms with Crippen LogP contribution in [0.2, 0.25) is 0 Å². The van der Waals surface area contributed by atoms with Gasteiger partial charge in [0.25, 0.3) is 21.6 Å². The number of primary amides is 1. The van der Waals surface area contributed by atoms with Crippen molar-refractivity contribution in [3.8, 4) is 0 Å². The first-order valence-electron chi connectivity index (χ1n) is 6.26. The third-order valence-corrected chi connectivity index (χ3v) is 4.45. The van der Waals surface area contributed by atoms with E-state index >= 15 is 0 Å². The molecule has 0 bridgehead atoms. The smallest absolute Gasteiger partial charge is 0.273 e. The minimum Gasteiger partial charge on any atom is -0.365 e. The van der Waals surface area contributed by atoms with Crippen molar-refractivity contribution in [1.29, 1.82) is 0 Å². The number of sulfonamides is 1. The third-order valence-electron chi connectivity index (χ3n) is 3.11. The number of nitrogens with one attached hydrogen (secondary N) is 2. The van der Waals surface area contributed by atoms with E-state index in [1.165, 1.54) is 26.0 Å². The zero-order valence-electron chi connectivity index (χ0n) is 12.2. The number of nitro benzene ring substituents is 1. The lowest BCUT2D eigenvalue weighted by Gasteiger charge is -2.07. The lowest BCUT2D eigenvalue weighted by Crippen LogP contribution is -2.18. The Morgan fingerprint density at radius 3 is 2.61 bits per heavy atom. The zero-order chi connectivity index (χ0) is 17.4. The maximum absolute atomic E-state index is 12.3. The highest BCUT2D eigenvalue weighted by Crippen LogP contribution is 2.25. The fourth-order valence-electron chi connectivity index (χ4n) is 1.94. The average molecular weight is 339 g/mol. The highest BCUT2D eigenvalue weighted by Gasteiger charge is 2.24.